The van der Waals surface area contributed by atoms with Crippen LogP contribution in [-0.2, 0) is 0 Å². The summed E-state index contributed by atoms with van der Waals surface area (Å²) in [6.45, 7) is 0. The molecule has 0 saturated heterocycles. The van der Waals surface area contributed by atoms with E-state index in [-0.39, 0.29) is 4.88 Å². The molecule has 0 fully saturated rings. The van der Waals surface area contributed by atoms with Gasteiger partial charge in [0.25, 0.3) is 0 Å². The largest absolute Gasteiger partial charge is 0.477 e. The van der Waals surface area contributed by atoms with Crippen LogP contribution in [0.2, 0.25) is 0 Å². The van der Waals surface area contributed by atoms with Gasteiger partial charge < -0.3 is 9.84 Å². The predicted octanol–water partition coefficient (Wildman–Crippen LogP) is 4.14. The van der Waals surface area contributed by atoms with Gasteiger partial charge in [-0.1, -0.05) is 11.3 Å². The van der Waals surface area contributed by atoms with Crippen molar-refractivity contribution in [2.24, 2.45) is 0 Å². The molecular formula is C11H6BrFO3S. The molecule has 0 radical (unpaired) electrons. The number of rotatable bonds is 3. The summed E-state index contributed by atoms with van der Waals surface area (Å²) in [6.07, 6.45) is 0. The van der Waals surface area contributed by atoms with E-state index in [0.29, 0.717) is 15.3 Å². The zero-order chi connectivity index (χ0) is 12.4. The van der Waals surface area contributed by atoms with Crippen molar-refractivity contribution in [2.45, 2.75) is 0 Å². The maximum atomic E-state index is 13.2. The molecule has 0 aliphatic heterocycles. The molecule has 1 aromatic carbocycles. The van der Waals surface area contributed by atoms with Crippen molar-refractivity contribution in [3.63, 3.8) is 0 Å². The molecule has 1 heterocycles. The lowest BCUT2D eigenvalue weighted by molar-refractivity contribution is 0.0702. The van der Waals surface area contributed by atoms with Crippen LogP contribution in [0.5, 0.6) is 10.8 Å². The average Bonchev–Trinajstić information content (AvgIpc) is 2.72. The van der Waals surface area contributed by atoms with Gasteiger partial charge in [0, 0.05) is 6.07 Å². The minimum Gasteiger partial charge on any atom is -0.477 e. The van der Waals surface area contributed by atoms with Gasteiger partial charge in [0.2, 0.25) is 0 Å². The van der Waals surface area contributed by atoms with E-state index >= 15 is 0 Å². The maximum Gasteiger partial charge on any atom is 0.345 e. The highest BCUT2D eigenvalue weighted by Gasteiger charge is 2.09. The van der Waals surface area contributed by atoms with Gasteiger partial charge >= 0.3 is 5.97 Å². The Morgan fingerprint density at radius 2 is 2.12 bits per heavy atom. The summed E-state index contributed by atoms with van der Waals surface area (Å²) in [5.41, 5.74) is 0. The number of carboxylic acids is 1. The van der Waals surface area contributed by atoms with Gasteiger partial charge in [-0.15, -0.1) is 0 Å². The number of ether oxygens (including phenoxy) is 1. The fourth-order valence-electron chi connectivity index (χ4n) is 1.15. The van der Waals surface area contributed by atoms with Crippen molar-refractivity contribution in [2.75, 3.05) is 0 Å². The lowest BCUT2D eigenvalue weighted by Gasteiger charge is -2.03. The number of hydrogen-bond donors (Lipinski definition) is 1. The molecule has 0 aliphatic rings. The van der Waals surface area contributed by atoms with Crippen LogP contribution in [0.3, 0.4) is 0 Å². The highest BCUT2D eigenvalue weighted by atomic mass is 79.9. The number of carbonyl (C=O) groups is 1. The second kappa shape index (κ2) is 4.85. The van der Waals surface area contributed by atoms with Crippen LogP contribution < -0.4 is 4.74 Å². The highest BCUT2D eigenvalue weighted by Crippen LogP contribution is 2.31. The topological polar surface area (TPSA) is 46.5 Å². The minimum absolute atomic E-state index is 0.178. The number of benzene rings is 1. The van der Waals surface area contributed by atoms with Crippen LogP contribution in [0.1, 0.15) is 9.67 Å². The Kier molecular flexibility index (Phi) is 3.44. The SMILES string of the molecule is O=C(O)c1ccc(Oc2ccc(Br)c(F)c2)s1. The summed E-state index contributed by atoms with van der Waals surface area (Å²) in [5, 5.41) is 9.14. The second-order valence-electron chi connectivity index (χ2n) is 3.10. The van der Waals surface area contributed by atoms with E-state index in [2.05, 4.69) is 15.9 Å². The van der Waals surface area contributed by atoms with Crippen LogP contribution >= 0.6 is 27.3 Å². The summed E-state index contributed by atoms with van der Waals surface area (Å²) in [4.78, 5) is 10.8. The zero-order valence-corrected chi connectivity index (χ0v) is 10.7. The van der Waals surface area contributed by atoms with Crippen LogP contribution in [0.4, 0.5) is 4.39 Å². The highest BCUT2D eigenvalue weighted by molar-refractivity contribution is 9.10. The molecule has 0 aliphatic carbocycles. The van der Waals surface area contributed by atoms with E-state index in [1.165, 1.54) is 24.3 Å². The molecule has 0 unspecified atom stereocenters. The first-order chi connectivity index (χ1) is 8.06. The molecular weight excluding hydrogens is 311 g/mol. The number of aromatic carboxylic acids is 1. The molecule has 88 valence electrons. The Morgan fingerprint density at radius 3 is 2.71 bits per heavy atom. The monoisotopic (exact) mass is 316 g/mol. The van der Waals surface area contributed by atoms with E-state index in [9.17, 15) is 9.18 Å². The Bertz CT molecular complexity index is 568. The van der Waals surface area contributed by atoms with Crippen LogP contribution in [-0.4, -0.2) is 11.1 Å². The normalized spacial score (nSPS) is 10.2. The first-order valence-corrected chi connectivity index (χ1v) is 6.13. The molecule has 0 amide bonds. The molecule has 17 heavy (non-hydrogen) atoms. The van der Waals surface area contributed by atoms with Crippen molar-refractivity contribution in [1.29, 1.82) is 0 Å². The van der Waals surface area contributed by atoms with Crippen molar-refractivity contribution < 1.29 is 19.0 Å². The standard InChI is InChI=1S/C11H6BrFO3S/c12-7-2-1-6(5-8(7)13)16-10-4-3-9(17-10)11(14)15/h1-5H,(H,14,15). The van der Waals surface area contributed by atoms with Crippen molar-refractivity contribution in [3.05, 3.63) is 45.5 Å². The van der Waals surface area contributed by atoms with Gasteiger partial charge in [-0.3, -0.25) is 0 Å². The minimum atomic E-state index is -1.01. The lowest BCUT2D eigenvalue weighted by atomic mass is 10.3. The Labute approximate surface area is 109 Å². The fourth-order valence-corrected chi connectivity index (χ4v) is 2.11. The van der Waals surface area contributed by atoms with Crippen LogP contribution in [0.25, 0.3) is 0 Å². The predicted molar refractivity (Wildman–Crippen MR) is 65.5 cm³/mol. The average molecular weight is 317 g/mol. The summed E-state index contributed by atoms with van der Waals surface area (Å²) >= 11 is 4.02. The van der Waals surface area contributed by atoms with Crippen LogP contribution in [0.15, 0.2) is 34.8 Å². The number of thiophene rings is 1. The van der Waals surface area contributed by atoms with Gasteiger partial charge in [0.1, 0.15) is 16.4 Å². The van der Waals surface area contributed by atoms with Crippen molar-refractivity contribution in [1.82, 2.24) is 0 Å². The second-order valence-corrected chi connectivity index (χ2v) is 5.00. The van der Waals surface area contributed by atoms with Gasteiger partial charge in [-0.25, -0.2) is 9.18 Å². The Balaban J connectivity index is 2.19. The van der Waals surface area contributed by atoms with E-state index in [4.69, 9.17) is 9.84 Å². The molecule has 6 heteroatoms. The summed E-state index contributed by atoms with van der Waals surface area (Å²) < 4.78 is 18.9. The third-order valence-electron chi connectivity index (χ3n) is 1.90. The van der Waals surface area contributed by atoms with E-state index in [0.717, 1.165) is 11.3 Å². The molecule has 1 N–H and O–H groups in total. The van der Waals surface area contributed by atoms with E-state index < -0.39 is 11.8 Å². The van der Waals surface area contributed by atoms with E-state index in [1.54, 1.807) is 6.07 Å². The lowest BCUT2D eigenvalue weighted by Crippen LogP contribution is -1.89. The van der Waals surface area contributed by atoms with Gasteiger partial charge in [0.05, 0.1) is 4.47 Å². The smallest absolute Gasteiger partial charge is 0.345 e. The summed E-state index contributed by atoms with van der Waals surface area (Å²) in [5.74, 6) is -1.12. The maximum absolute atomic E-state index is 13.2. The van der Waals surface area contributed by atoms with Crippen molar-refractivity contribution in [3.8, 4) is 10.8 Å². The molecule has 2 rings (SSSR count). The Hall–Kier alpha value is -1.40. The zero-order valence-electron chi connectivity index (χ0n) is 8.31. The summed E-state index contributed by atoms with van der Waals surface area (Å²) in [7, 11) is 0. The number of hydrogen-bond acceptors (Lipinski definition) is 3. The quantitative estimate of drug-likeness (QED) is 0.925. The molecule has 0 bridgehead atoms. The molecule has 2 aromatic rings. The first-order valence-electron chi connectivity index (χ1n) is 4.52. The van der Waals surface area contributed by atoms with Gasteiger partial charge in [-0.2, -0.15) is 0 Å². The third-order valence-corrected chi connectivity index (χ3v) is 3.50. The molecule has 0 atom stereocenters. The molecule has 3 nitrogen and oxygen atoms in total. The number of halogens is 2. The molecule has 1 aromatic heterocycles. The third kappa shape index (κ3) is 2.83. The number of carboxylic acid groups (broad SMARTS) is 1. The van der Waals surface area contributed by atoms with Gasteiger partial charge in [0.15, 0.2) is 5.06 Å². The van der Waals surface area contributed by atoms with Gasteiger partial charge in [-0.05, 0) is 40.2 Å². The fraction of sp³-hybridized carbons (Fsp3) is 0. The molecule has 0 spiro atoms. The van der Waals surface area contributed by atoms with E-state index in [1.807, 2.05) is 0 Å². The summed E-state index contributed by atoms with van der Waals surface area (Å²) in [6, 6.07) is 7.32. The Morgan fingerprint density at radius 1 is 1.35 bits per heavy atom. The van der Waals surface area contributed by atoms with Crippen molar-refractivity contribution >= 4 is 33.2 Å². The molecule has 0 saturated carbocycles. The van der Waals surface area contributed by atoms with Crippen LogP contribution in [0, 0.1) is 5.82 Å². The first kappa shape index (κ1) is 12.1.